The highest BCUT2D eigenvalue weighted by Crippen LogP contribution is 2.17. The normalized spacial score (nSPS) is 12.4. The lowest BCUT2D eigenvalue weighted by molar-refractivity contribution is 0.0696. The second-order valence-electron chi connectivity index (χ2n) is 4.68. The third-order valence-electron chi connectivity index (χ3n) is 2.60. The molecule has 0 bridgehead atoms. The number of rotatable bonds is 7. The standard InChI is InChI=1S/C13H20N2O3S/c1-9(2)11-7-10(13(16)17)8-12(15-11)14-5-4-6-19(3)18/h7-9H,4-6H2,1-3H3,(H,14,15)(H,16,17). The van der Waals surface area contributed by atoms with Crippen LogP contribution in [0.25, 0.3) is 0 Å². The maximum absolute atomic E-state index is 11.1. The third kappa shape index (κ3) is 5.38. The van der Waals surface area contributed by atoms with Gasteiger partial charge in [0.05, 0.1) is 5.56 Å². The molecule has 0 aliphatic carbocycles. The van der Waals surface area contributed by atoms with E-state index in [2.05, 4.69) is 10.3 Å². The van der Waals surface area contributed by atoms with E-state index >= 15 is 0 Å². The first-order valence-corrected chi connectivity index (χ1v) is 7.92. The molecule has 0 aliphatic heterocycles. The van der Waals surface area contributed by atoms with Crippen molar-refractivity contribution in [3.63, 3.8) is 0 Å². The van der Waals surface area contributed by atoms with Gasteiger partial charge in [-0.3, -0.25) is 4.21 Å². The highest BCUT2D eigenvalue weighted by atomic mass is 32.2. The van der Waals surface area contributed by atoms with E-state index in [9.17, 15) is 9.00 Å². The fraction of sp³-hybridized carbons (Fsp3) is 0.538. The number of aromatic nitrogens is 1. The van der Waals surface area contributed by atoms with E-state index in [1.54, 1.807) is 12.3 Å². The van der Waals surface area contributed by atoms with Crippen molar-refractivity contribution in [2.24, 2.45) is 0 Å². The third-order valence-corrected chi connectivity index (χ3v) is 3.46. The van der Waals surface area contributed by atoms with Gasteiger partial charge in [0.25, 0.3) is 0 Å². The van der Waals surface area contributed by atoms with E-state index < -0.39 is 16.8 Å². The van der Waals surface area contributed by atoms with Crippen molar-refractivity contribution in [1.29, 1.82) is 0 Å². The molecule has 0 radical (unpaired) electrons. The average molecular weight is 284 g/mol. The van der Waals surface area contributed by atoms with Gasteiger partial charge in [0.1, 0.15) is 5.82 Å². The Kier molecular flexibility index (Phi) is 5.95. The van der Waals surface area contributed by atoms with Crippen molar-refractivity contribution in [3.05, 3.63) is 23.4 Å². The molecule has 2 N–H and O–H groups in total. The summed E-state index contributed by atoms with van der Waals surface area (Å²) in [6, 6.07) is 3.12. The second-order valence-corrected chi connectivity index (χ2v) is 6.24. The largest absolute Gasteiger partial charge is 0.478 e. The van der Waals surface area contributed by atoms with E-state index in [0.29, 0.717) is 18.1 Å². The van der Waals surface area contributed by atoms with Crippen molar-refractivity contribution < 1.29 is 14.1 Å². The van der Waals surface area contributed by atoms with Crippen LogP contribution >= 0.6 is 0 Å². The second kappa shape index (κ2) is 7.23. The first-order valence-electron chi connectivity index (χ1n) is 6.19. The number of hydrogen-bond acceptors (Lipinski definition) is 4. The quantitative estimate of drug-likeness (QED) is 0.749. The van der Waals surface area contributed by atoms with Crippen LogP contribution < -0.4 is 5.32 Å². The lowest BCUT2D eigenvalue weighted by atomic mass is 10.1. The Morgan fingerprint density at radius 3 is 2.68 bits per heavy atom. The summed E-state index contributed by atoms with van der Waals surface area (Å²) in [6.45, 7) is 4.57. The summed E-state index contributed by atoms with van der Waals surface area (Å²) in [5.74, 6) is 0.401. The Hall–Kier alpha value is -1.43. The van der Waals surface area contributed by atoms with Crippen LogP contribution in [-0.2, 0) is 10.8 Å². The predicted octanol–water partition coefficient (Wildman–Crippen LogP) is 2.08. The first-order chi connectivity index (χ1) is 8.90. The molecule has 0 spiro atoms. The molecule has 1 aromatic heterocycles. The van der Waals surface area contributed by atoms with Crippen LogP contribution in [0.15, 0.2) is 12.1 Å². The van der Waals surface area contributed by atoms with Gasteiger partial charge in [-0.05, 0) is 24.5 Å². The van der Waals surface area contributed by atoms with Gasteiger partial charge in [-0.25, -0.2) is 9.78 Å². The van der Waals surface area contributed by atoms with Gasteiger partial charge in [-0.15, -0.1) is 0 Å². The molecule has 5 nitrogen and oxygen atoms in total. The van der Waals surface area contributed by atoms with Crippen LogP contribution in [0, 0.1) is 0 Å². The minimum absolute atomic E-state index is 0.169. The van der Waals surface area contributed by atoms with Gasteiger partial charge >= 0.3 is 5.97 Å². The van der Waals surface area contributed by atoms with E-state index in [0.717, 1.165) is 12.1 Å². The van der Waals surface area contributed by atoms with Crippen molar-refractivity contribution >= 4 is 22.6 Å². The number of carbonyl (C=O) groups is 1. The fourth-order valence-corrected chi connectivity index (χ4v) is 2.10. The summed E-state index contributed by atoms with van der Waals surface area (Å²) in [7, 11) is -0.801. The molecular formula is C13H20N2O3S. The number of carboxylic acids is 1. The van der Waals surface area contributed by atoms with Crippen LogP contribution in [-0.4, -0.2) is 38.8 Å². The molecule has 0 amide bonds. The molecule has 1 rings (SSSR count). The lowest BCUT2D eigenvalue weighted by Crippen LogP contribution is -2.10. The summed E-state index contributed by atoms with van der Waals surface area (Å²) in [6.07, 6.45) is 2.43. The van der Waals surface area contributed by atoms with Crippen LogP contribution in [0.1, 0.15) is 42.2 Å². The van der Waals surface area contributed by atoms with Gasteiger partial charge in [-0.1, -0.05) is 13.8 Å². The van der Waals surface area contributed by atoms with Gasteiger partial charge in [0, 0.05) is 35.0 Å². The van der Waals surface area contributed by atoms with Crippen LogP contribution in [0.2, 0.25) is 0 Å². The Labute approximate surface area is 115 Å². The van der Waals surface area contributed by atoms with Crippen LogP contribution in [0.3, 0.4) is 0 Å². The summed E-state index contributed by atoms with van der Waals surface area (Å²) >= 11 is 0. The number of carboxylic acid groups (broad SMARTS) is 1. The smallest absolute Gasteiger partial charge is 0.335 e. The molecule has 0 aliphatic rings. The predicted molar refractivity (Wildman–Crippen MR) is 77.3 cm³/mol. The maximum Gasteiger partial charge on any atom is 0.335 e. The molecule has 6 heteroatoms. The zero-order valence-electron chi connectivity index (χ0n) is 11.5. The van der Waals surface area contributed by atoms with Crippen molar-refractivity contribution in [2.75, 3.05) is 23.9 Å². The Morgan fingerprint density at radius 2 is 2.16 bits per heavy atom. The number of nitrogens with one attached hydrogen (secondary N) is 1. The van der Waals surface area contributed by atoms with Crippen molar-refractivity contribution in [1.82, 2.24) is 4.98 Å². The molecule has 0 aromatic carbocycles. The topological polar surface area (TPSA) is 79.3 Å². The molecule has 1 unspecified atom stereocenters. The van der Waals surface area contributed by atoms with E-state index in [-0.39, 0.29) is 11.5 Å². The summed E-state index contributed by atoms with van der Waals surface area (Å²) in [5.41, 5.74) is 0.988. The molecule has 1 aromatic rings. The van der Waals surface area contributed by atoms with Gasteiger partial charge in [0.15, 0.2) is 0 Å². The van der Waals surface area contributed by atoms with Crippen molar-refractivity contribution in [3.8, 4) is 0 Å². The number of hydrogen-bond donors (Lipinski definition) is 2. The highest BCUT2D eigenvalue weighted by molar-refractivity contribution is 7.84. The highest BCUT2D eigenvalue weighted by Gasteiger charge is 2.10. The maximum atomic E-state index is 11.1. The number of pyridine rings is 1. The molecule has 19 heavy (non-hydrogen) atoms. The first kappa shape index (κ1) is 15.6. The van der Waals surface area contributed by atoms with Gasteiger partial charge in [0.2, 0.25) is 0 Å². The average Bonchev–Trinajstić information content (AvgIpc) is 2.34. The van der Waals surface area contributed by atoms with E-state index in [1.165, 1.54) is 6.07 Å². The lowest BCUT2D eigenvalue weighted by Gasteiger charge is -2.11. The minimum Gasteiger partial charge on any atom is -0.478 e. The number of aromatic carboxylic acids is 1. The molecular weight excluding hydrogens is 264 g/mol. The Morgan fingerprint density at radius 1 is 1.47 bits per heavy atom. The SMILES string of the molecule is CC(C)c1cc(C(=O)O)cc(NCCCS(C)=O)n1. The zero-order valence-corrected chi connectivity index (χ0v) is 12.3. The zero-order chi connectivity index (χ0) is 14.4. The monoisotopic (exact) mass is 284 g/mol. The minimum atomic E-state index is -0.956. The molecule has 106 valence electrons. The molecule has 0 fully saturated rings. The van der Waals surface area contributed by atoms with Gasteiger partial charge in [-0.2, -0.15) is 0 Å². The fourth-order valence-electron chi connectivity index (χ4n) is 1.55. The Bertz CT molecular complexity index is 475. The number of anilines is 1. The molecule has 1 heterocycles. The van der Waals surface area contributed by atoms with Crippen LogP contribution in [0.4, 0.5) is 5.82 Å². The summed E-state index contributed by atoms with van der Waals surface area (Å²) in [4.78, 5) is 15.4. The van der Waals surface area contributed by atoms with Crippen molar-refractivity contribution in [2.45, 2.75) is 26.2 Å². The van der Waals surface area contributed by atoms with Crippen LogP contribution in [0.5, 0.6) is 0 Å². The molecule has 0 saturated heterocycles. The summed E-state index contributed by atoms with van der Waals surface area (Å²) < 4.78 is 10.9. The van der Waals surface area contributed by atoms with E-state index in [1.807, 2.05) is 13.8 Å². The summed E-state index contributed by atoms with van der Waals surface area (Å²) in [5, 5.41) is 12.1. The number of nitrogens with zero attached hydrogens (tertiary/aromatic N) is 1. The van der Waals surface area contributed by atoms with Gasteiger partial charge < -0.3 is 10.4 Å². The Balaban J connectivity index is 2.76. The molecule has 0 saturated carbocycles. The van der Waals surface area contributed by atoms with E-state index in [4.69, 9.17) is 5.11 Å². The molecule has 1 atom stereocenters.